The number of hydrogen-bond donors (Lipinski definition) is 0. The number of hydrogen-bond acceptors (Lipinski definition) is 4. The van der Waals surface area contributed by atoms with Crippen LogP contribution in [0.5, 0.6) is 0 Å². The first-order valence-corrected chi connectivity index (χ1v) is 10.3. The number of amides is 1. The highest BCUT2D eigenvalue weighted by Crippen LogP contribution is 2.41. The standard InChI is InChI=1S/C24H25NO4/c26-24(29-16-17-6-2-1-3-7-17)25-19-10-11-20(25)15-18(14-19)21-8-4-5-9-22(21)23-27-12-13-28-23/h1-9,14,19-20,23H,10-13,15-16H2. The molecule has 2 atom stereocenters. The van der Waals surface area contributed by atoms with Crippen LogP contribution in [0.3, 0.4) is 0 Å². The van der Waals surface area contributed by atoms with Crippen LogP contribution in [0.4, 0.5) is 4.79 Å². The van der Waals surface area contributed by atoms with Gasteiger partial charge in [-0.05, 0) is 36.0 Å². The normalized spacial score (nSPS) is 23.9. The number of rotatable bonds is 4. The molecule has 29 heavy (non-hydrogen) atoms. The van der Waals surface area contributed by atoms with Crippen LogP contribution in [0.15, 0.2) is 60.7 Å². The lowest BCUT2D eigenvalue weighted by atomic mass is 9.91. The van der Waals surface area contributed by atoms with Gasteiger partial charge in [0, 0.05) is 11.6 Å². The first kappa shape index (κ1) is 18.4. The van der Waals surface area contributed by atoms with E-state index in [1.165, 1.54) is 11.1 Å². The molecule has 0 radical (unpaired) electrons. The second kappa shape index (κ2) is 8.01. The highest BCUT2D eigenvalue weighted by molar-refractivity contribution is 5.76. The molecule has 5 heteroatoms. The maximum absolute atomic E-state index is 12.8. The van der Waals surface area contributed by atoms with Crippen molar-refractivity contribution >= 4 is 11.7 Å². The summed E-state index contributed by atoms with van der Waals surface area (Å²) in [5.41, 5.74) is 4.54. The summed E-state index contributed by atoms with van der Waals surface area (Å²) in [7, 11) is 0. The fourth-order valence-electron chi connectivity index (χ4n) is 4.64. The fraction of sp³-hybridized carbons (Fsp3) is 0.375. The first-order valence-electron chi connectivity index (χ1n) is 10.3. The van der Waals surface area contributed by atoms with Crippen molar-refractivity contribution in [3.8, 4) is 0 Å². The summed E-state index contributed by atoms with van der Waals surface area (Å²) < 4.78 is 17.1. The van der Waals surface area contributed by atoms with Crippen molar-refractivity contribution in [3.63, 3.8) is 0 Å². The minimum atomic E-state index is -0.293. The second-order valence-electron chi connectivity index (χ2n) is 7.80. The van der Waals surface area contributed by atoms with Gasteiger partial charge in [-0.1, -0.05) is 60.7 Å². The van der Waals surface area contributed by atoms with Gasteiger partial charge in [-0.25, -0.2) is 4.79 Å². The van der Waals surface area contributed by atoms with E-state index in [0.29, 0.717) is 19.8 Å². The summed E-state index contributed by atoms with van der Waals surface area (Å²) in [6.07, 6.45) is 4.55. The van der Waals surface area contributed by atoms with Crippen LogP contribution in [0, 0.1) is 0 Å². The van der Waals surface area contributed by atoms with Gasteiger partial charge in [-0.15, -0.1) is 0 Å². The number of nitrogens with zero attached hydrogens (tertiary/aromatic N) is 1. The summed E-state index contributed by atoms with van der Waals surface area (Å²) in [4.78, 5) is 14.7. The molecule has 2 saturated heterocycles. The van der Waals surface area contributed by atoms with Crippen molar-refractivity contribution < 1.29 is 19.0 Å². The molecule has 0 aliphatic carbocycles. The Balaban J connectivity index is 1.33. The Morgan fingerprint density at radius 3 is 2.55 bits per heavy atom. The van der Waals surface area contributed by atoms with Crippen LogP contribution in [-0.4, -0.2) is 36.3 Å². The van der Waals surface area contributed by atoms with Crippen molar-refractivity contribution in [2.24, 2.45) is 0 Å². The van der Waals surface area contributed by atoms with Gasteiger partial charge in [0.15, 0.2) is 6.29 Å². The molecule has 0 saturated carbocycles. The zero-order chi connectivity index (χ0) is 19.6. The average Bonchev–Trinajstić information content (AvgIpc) is 3.39. The molecule has 0 spiro atoms. The molecular formula is C24H25NO4. The third kappa shape index (κ3) is 3.68. The summed E-state index contributed by atoms with van der Waals surface area (Å²) in [6, 6.07) is 18.4. The lowest BCUT2D eigenvalue weighted by Gasteiger charge is -2.34. The monoisotopic (exact) mass is 391 g/mol. The van der Waals surface area contributed by atoms with Crippen LogP contribution in [-0.2, 0) is 20.8 Å². The van der Waals surface area contributed by atoms with Crippen LogP contribution in [0.1, 0.15) is 42.2 Å². The minimum Gasteiger partial charge on any atom is -0.445 e. The van der Waals surface area contributed by atoms with Crippen molar-refractivity contribution in [2.45, 2.75) is 44.2 Å². The van der Waals surface area contributed by atoms with E-state index < -0.39 is 0 Å². The molecule has 3 aliphatic heterocycles. The Bertz CT molecular complexity index is 904. The maximum Gasteiger partial charge on any atom is 0.410 e. The summed E-state index contributed by atoms with van der Waals surface area (Å²) in [5.74, 6) is 0. The van der Waals surface area contributed by atoms with E-state index in [1.807, 2.05) is 41.3 Å². The number of benzene rings is 2. The van der Waals surface area contributed by atoms with E-state index in [-0.39, 0.29) is 24.5 Å². The number of carbonyl (C=O) groups is 1. The molecule has 0 aromatic heterocycles. The van der Waals surface area contributed by atoms with Crippen LogP contribution < -0.4 is 0 Å². The van der Waals surface area contributed by atoms with E-state index in [1.54, 1.807) is 0 Å². The fourth-order valence-corrected chi connectivity index (χ4v) is 4.64. The largest absolute Gasteiger partial charge is 0.445 e. The number of ether oxygens (including phenoxy) is 3. The molecule has 3 aliphatic rings. The quantitative estimate of drug-likeness (QED) is 0.759. The Labute approximate surface area is 170 Å². The van der Waals surface area contributed by atoms with Gasteiger partial charge < -0.3 is 14.2 Å². The predicted octanol–water partition coefficient (Wildman–Crippen LogP) is 4.69. The topological polar surface area (TPSA) is 48.0 Å². The van der Waals surface area contributed by atoms with Gasteiger partial charge in [0.1, 0.15) is 6.61 Å². The first-order chi connectivity index (χ1) is 14.3. The SMILES string of the molecule is O=C(OCc1ccccc1)N1C2C=C(c3ccccc3C3OCCO3)CC1CC2. The van der Waals surface area contributed by atoms with E-state index in [9.17, 15) is 4.79 Å². The Morgan fingerprint density at radius 1 is 1.00 bits per heavy atom. The average molecular weight is 391 g/mol. The van der Waals surface area contributed by atoms with Crippen molar-refractivity contribution in [1.82, 2.24) is 4.90 Å². The lowest BCUT2D eigenvalue weighted by molar-refractivity contribution is -0.0443. The molecule has 1 amide bonds. The van der Waals surface area contributed by atoms with Gasteiger partial charge in [0.2, 0.25) is 0 Å². The molecule has 3 heterocycles. The van der Waals surface area contributed by atoms with Crippen LogP contribution in [0.2, 0.25) is 0 Å². The second-order valence-corrected chi connectivity index (χ2v) is 7.80. The third-order valence-corrected chi connectivity index (χ3v) is 5.99. The van der Waals surface area contributed by atoms with Crippen LogP contribution >= 0.6 is 0 Å². The third-order valence-electron chi connectivity index (χ3n) is 5.99. The van der Waals surface area contributed by atoms with Crippen molar-refractivity contribution in [2.75, 3.05) is 13.2 Å². The van der Waals surface area contributed by atoms with Crippen molar-refractivity contribution in [3.05, 3.63) is 77.4 Å². The highest BCUT2D eigenvalue weighted by Gasteiger charge is 2.41. The van der Waals surface area contributed by atoms with Gasteiger partial charge in [0.25, 0.3) is 0 Å². The van der Waals surface area contributed by atoms with Gasteiger partial charge in [0.05, 0.1) is 19.3 Å². The Morgan fingerprint density at radius 2 is 1.76 bits per heavy atom. The molecule has 0 N–H and O–H groups in total. The summed E-state index contributed by atoms with van der Waals surface area (Å²) in [5, 5.41) is 0. The molecular weight excluding hydrogens is 366 g/mol. The van der Waals surface area contributed by atoms with Gasteiger partial charge in [-0.3, -0.25) is 4.90 Å². The van der Waals surface area contributed by atoms with E-state index >= 15 is 0 Å². The molecule has 150 valence electrons. The Hall–Kier alpha value is -2.63. The molecule has 2 aromatic rings. The molecule has 2 aromatic carbocycles. The maximum atomic E-state index is 12.8. The smallest absolute Gasteiger partial charge is 0.410 e. The van der Waals surface area contributed by atoms with Gasteiger partial charge in [-0.2, -0.15) is 0 Å². The predicted molar refractivity (Wildman–Crippen MR) is 109 cm³/mol. The zero-order valence-electron chi connectivity index (χ0n) is 16.3. The van der Waals surface area contributed by atoms with E-state index in [0.717, 1.165) is 30.4 Å². The van der Waals surface area contributed by atoms with Crippen LogP contribution in [0.25, 0.3) is 5.57 Å². The summed E-state index contributed by atoms with van der Waals surface area (Å²) in [6.45, 7) is 1.57. The number of carbonyl (C=O) groups excluding carboxylic acids is 1. The lowest BCUT2D eigenvalue weighted by Crippen LogP contribution is -2.43. The zero-order valence-corrected chi connectivity index (χ0v) is 16.3. The molecule has 5 nitrogen and oxygen atoms in total. The van der Waals surface area contributed by atoms with Gasteiger partial charge >= 0.3 is 6.09 Å². The van der Waals surface area contributed by atoms with Crippen molar-refractivity contribution in [1.29, 1.82) is 0 Å². The number of fused-ring (bicyclic) bond motifs is 2. The molecule has 2 fully saturated rings. The van der Waals surface area contributed by atoms with E-state index in [4.69, 9.17) is 14.2 Å². The summed E-state index contributed by atoms with van der Waals surface area (Å²) >= 11 is 0. The minimum absolute atomic E-state index is 0.0884. The van der Waals surface area contributed by atoms with E-state index in [2.05, 4.69) is 24.3 Å². The molecule has 5 rings (SSSR count). The Kier molecular flexibility index (Phi) is 5.08. The highest BCUT2D eigenvalue weighted by atomic mass is 16.7. The molecule has 2 bridgehead atoms. The molecule has 2 unspecified atom stereocenters.